The van der Waals surface area contributed by atoms with E-state index in [0.29, 0.717) is 34.3 Å². The molecule has 0 fully saturated rings. The maximum absolute atomic E-state index is 6.53. The maximum Gasteiger partial charge on any atom is 0.197 e. The van der Waals surface area contributed by atoms with Crippen molar-refractivity contribution in [3.8, 4) is 34.5 Å². The molecule has 7 nitrogen and oxygen atoms in total. The van der Waals surface area contributed by atoms with Crippen molar-refractivity contribution in [3.63, 3.8) is 0 Å². The number of allylic oxidation sites excluding steroid dienone is 1. The lowest BCUT2D eigenvalue weighted by molar-refractivity contribution is 0.666. The van der Waals surface area contributed by atoms with Crippen LogP contribution in [0.3, 0.4) is 0 Å². The molecule has 8 aromatic rings. The Kier molecular flexibility index (Phi) is 5.64. The van der Waals surface area contributed by atoms with Crippen LogP contribution < -0.4 is 0 Å². The fourth-order valence-electron chi connectivity index (χ4n) is 6.13. The van der Waals surface area contributed by atoms with Gasteiger partial charge in [-0.1, -0.05) is 70.5 Å². The summed E-state index contributed by atoms with van der Waals surface area (Å²) >= 11 is 3.65. The van der Waals surface area contributed by atoms with Gasteiger partial charge in [0, 0.05) is 21.2 Å². The molecule has 8 heteroatoms. The fraction of sp³-hybridized carbons (Fsp3) is 0.0556. The van der Waals surface area contributed by atoms with Crippen LogP contribution >= 0.6 is 15.9 Å². The van der Waals surface area contributed by atoms with E-state index in [2.05, 4.69) is 67.5 Å². The van der Waals surface area contributed by atoms with E-state index in [9.17, 15) is 0 Å². The highest BCUT2D eigenvalue weighted by molar-refractivity contribution is 9.10. The minimum absolute atomic E-state index is 0.508. The molecule has 44 heavy (non-hydrogen) atoms. The lowest BCUT2D eigenvalue weighted by Gasteiger charge is -2.13. The summed E-state index contributed by atoms with van der Waals surface area (Å²) < 4.78 is 11.8. The van der Waals surface area contributed by atoms with E-state index in [1.165, 1.54) is 0 Å². The number of hydrogen-bond acceptors (Lipinski definition) is 5. The van der Waals surface area contributed by atoms with E-state index in [-0.39, 0.29) is 0 Å². The van der Waals surface area contributed by atoms with Crippen molar-refractivity contribution in [2.45, 2.75) is 12.8 Å². The summed E-state index contributed by atoms with van der Waals surface area (Å²) in [4.78, 5) is 20.7. The molecule has 4 heterocycles. The second-order valence-corrected chi connectivity index (χ2v) is 11.7. The Morgan fingerprint density at radius 1 is 0.705 bits per heavy atom. The molecule has 0 N–H and O–H groups in total. The van der Waals surface area contributed by atoms with Crippen molar-refractivity contribution in [2.75, 3.05) is 0 Å². The van der Waals surface area contributed by atoms with E-state index < -0.39 is 0 Å². The van der Waals surface area contributed by atoms with Gasteiger partial charge in [-0.25, -0.2) is 19.9 Å². The summed E-state index contributed by atoms with van der Waals surface area (Å²) in [6.45, 7) is 0. The first-order valence-corrected chi connectivity index (χ1v) is 15.3. The van der Waals surface area contributed by atoms with Crippen molar-refractivity contribution in [1.82, 2.24) is 29.1 Å². The van der Waals surface area contributed by atoms with Crippen LogP contribution in [0.15, 0.2) is 118 Å². The Morgan fingerprint density at radius 2 is 1.45 bits per heavy atom. The summed E-state index contributed by atoms with van der Waals surface area (Å²) in [5.41, 5.74) is 8.55. The van der Waals surface area contributed by atoms with E-state index in [1.54, 1.807) is 0 Å². The van der Waals surface area contributed by atoms with Crippen LogP contribution in [-0.2, 0) is 6.42 Å². The molecule has 210 valence electrons. The van der Waals surface area contributed by atoms with Gasteiger partial charge in [-0.15, -0.1) is 0 Å². The summed E-state index contributed by atoms with van der Waals surface area (Å²) in [6, 6.07) is 34.6. The molecule has 9 rings (SSSR count). The van der Waals surface area contributed by atoms with Gasteiger partial charge < -0.3 is 4.42 Å². The Labute approximate surface area is 260 Å². The Balaban J connectivity index is 1.41. The third kappa shape index (κ3) is 3.88. The molecular weight excluding hydrogens is 612 g/mol. The first-order chi connectivity index (χ1) is 21.7. The van der Waals surface area contributed by atoms with Crippen molar-refractivity contribution in [3.05, 3.63) is 125 Å². The van der Waals surface area contributed by atoms with E-state index >= 15 is 0 Å². The smallest absolute Gasteiger partial charge is 0.197 e. The van der Waals surface area contributed by atoms with Crippen molar-refractivity contribution >= 4 is 55.1 Å². The molecule has 0 spiro atoms. The van der Waals surface area contributed by atoms with Crippen LogP contribution in [0, 0.1) is 0 Å². The van der Waals surface area contributed by atoms with Gasteiger partial charge in [-0.3, -0.25) is 9.13 Å². The Morgan fingerprint density at radius 3 is 2.27 bits per heavy atom. The molecule has 4 aromatic heterocycles. The highest BCUT2D eigenvalue weighted by Crippen LogP contribution is 2.39. The fourth-order valence-corrected chi connectivity index (χ4v) is 6.49. The molecule has 1 aliphatic rings. The van der Waals surface area contributed by atoms with E-state index in [0.717, 1.165) is 62.1 Å². The van der Waals surface area contributed by atoms with Gasteiger partial charge in [-0.2, -0.15) is 0 Å². The predicted octanol–water partition coefficient (Wildman–Crippen LogP) is 8.96. The van der Waals surface area contributed by atoms with Crippen molar-refractivity contribution < 1.29 is 4.42 Å². The molecule has 0 saturated heterocycles. The predicted molar refractivity (Wildman–Crippen MR) is 177 cm³/mol. The first kappa shape index (κ1) is 25.2. The number of aromatic nitrogens is 6. The molecule has 0 radical (unpaired) electrons. The van der Waals surface area contributed by atoms with E-state index in [4.69, 9.17) is 24.4 Å². The number of benzene rings is 4. The maximum atomic E-state index is 6.53. The molecular formula is C36H23BrN6O. The van der Waals surface area contributed by atoms with Gasteiger partial charge >= 0.3 is 0 Å². The van der Waals surface area contributed by atoms with Crippen LogP contribution in [-0.4, -0.2) is 29.1 Å². The Bertz CT molecular complexity index is 2400. The quantitative estimate of drug-likeness (QED) is 0.193. The minimum Gasteiger partial charge on any atom is -0.452 e. The number of aryl methyl sites for hydroxylation is 1. The van der Waals surface area contributed by atoms with Crippen LogP contribution in [0.25, 0.3) is 73.7 Å². The highest BCUT2D eigenvalue weighted by Gasteiger charge is 2.27. The summed E-state index contributed by atoms with van der Waals surface area (Å²) in [5.74, 6) is 1.86. The number of furan rings is 1. The molecule has 0 atom stereocenters. The van der Waals surface area contributed by atoms with Crippen LogP contribution in [0.1, 0.15) is 17.8 Å². The summed E-state index contributed by atoms with van der Waals surface area (Å²) in [6.07, 6.45) is 6.16. The van der Waals surface area contributed by atoms with Crippen LogP contribution in [0.5, 0.6) is 0 Å². The second kappa shape index (κ2) is 9.86. The van der Waals surface area contributed by atoms with Gasteiger partial charge in [0.1, 0.15) is 11.1 Å². The van der Waals surface area contributed by atoms with Gasteiger partial charge in [0.05, 0.1) is 22.4 Å². The summed E-state index contributed by atoms with van der Waals surface area (Å²) in [5, 5.41) is 0.893. The zero-order chi connectivity index (χ0) is 29.2. The molecule has 0 unspecified atom stereocenters. The lowest BCUT2D eigenvalue weighted by Crippen LogP contribution is -2.05. The number of fused-ring (bicyclic) bond motifs is 5. The number of nitrogens with zero attached hydrogens (tertiary/aromatic N) is 6. The minimum atomic E-state index is 0.508. The summed E-state index contributed by atoms with van der Waals surface area (Å²) in [7, 11) is 0. The molecule has 0 amide bonds. The molecule has 4 aromatic carbocycles. The van der Waals surface area contributed by atoms with Gasteiger partial charge in [0.2, 0.25) is 0 Å². The first-order valence-electron chi connectivity index (χ1n) is 14.5. The normalized spacial score (nSPS) is 12.8. The average molecular weight is 636 g/mol. The third-order valence-corrected chi connectivity index (χ3v) is 8.58. The van der Waals surface area contributed by atoms with Crippen LogP contribution in [0.4, 0.5) is 0 Å². The lowest BCUT2D eigenvalue weighted by atomic mass is 10.1. The van der Waals surface area contributed by atoms with Crippen molar-refractivity contribution in [1.29, 1.82) is 0 Å². The third-order valence-electron chi connectivity index (χ3n) is 8.09. The van der Waals surface area contributed by atoms with Gasteiger partial charge in [-0.05, 0) is 73.5 Å². The topological polar surface area (TPSA) is 74.6 Å². The molecule has 0 aliphatic heterocycles. The van der Waals surface area contributed by atoms with Gasteiger partial charge in [0.25, 0.3) is 0 Å². The second-order valence-electron chi connectivity index (χ2n) is 10.8. The molecule has 0 saturated carbocycles. The van der Waals surface area contributed by atoms with Crippen LogP contribution in [0.2, 0.25) is 0 Å². The number of rotatable bonds is 4. The van der Waals surface area contributed by atoms with E-state index in [1.807, 2.05) is 72.8 Å². The van der Waals surface area contributed by atoms with Crippen molar-refractivity contribution in [2.24, 2.45) is 0 Å². The largest absolute Gasteiger partial charge is 0.452 e. The zero-order valence-electron chi connectivity index (χ0n) is 23.4. The Hall–Kier alpha value is -5.34. The standard InChI is InChI=1S/C36H23BrN6O/c37-22-19-20-30-25(21-22)31-33(44-30)32(35-38-26-15-7-9-17-28(26)42(35)23-11-3-1-4-12-23)41-34(40-31)36-39-27-16-8-10-18-29(27)43(36)24-13-5-2-6-14-24/h1-7,9-15,17-21H,8,16H2. The number of hydrogen-bond donors (Lipinski definition) is 0. The SMILES string of the molecule is Brc1ccc2oc3c(-c4nc5ccccc5n4-c4ccccc4)nc(-c4nc5c(n4-c4ccccc4)C=CCC5)nc3c2c1. The monoisotopic (exact) mass is 634 g/mol. The average Bonchev–Trinajstić information content (AvgIpc) is 3.76. The zero-order valence-corrected chi connectivity index (χ0v) is 24.9. The number of para-hydroxylation sites is 4. The molecule has 0 bridgehead atoms. The molecule has 1 aliphatic carbocycles. The highest BCUT2D eigenvalue weighted by atomic mass is 79.9. The van der Waals surface area contributed by atoms with Gasteiger partial charge in [0.15, 0.2) is 28.8 Å². The number of imidazole rings is 2. The number of halogens is 1.